The van der Waals surface area contributed by atoms with Crippen LogP contribution in [-0.2, 0) is 4.79 Å². The maximum Gasteiger partial charge on any atom is 0.292 e. The van der Waals surface area contributed by atoms with E-state index in [9.17, 15) is 19.7 Å². The SMILES string of the molecule is O=C(CC1CSc2nc3c(cnn3-c3ccccc3)c(=O)n21)Nc1ccccc1[N+](=O)[O-]. The van der Waals surface area contributed by atoms with Gasteiger partial charge in [0.25, 0.3) is 11.2 Å². The molecule has 2 aromatic heterocycles. The summed E-state index contributed by atoms with van der Waals surface area (Å²) in [5.41, 5.74) is 0.933. The molecule has 0 spiro atoms. The van der Waals surface area contributed by atoms with Crippen LogP contribution in [0.1, 0.15) is 12.5 Å². The monoisotopic (exact) mass is 448 g/mol. The fraction of sp³-hybridized carbons (Fsp3) is 0.143. The molecule has 160 valence electrons. The molecule has 0 saturated carbocycles. The number of thioether (sulfide) groups is 1. The van der Waals surface area contributed by atoms with Gasteiger partial charge in [0.15, 0.2) is 10.8 Å². The first kappa shape index (κ1) is 19.9. The summed E-state index contributed by atoms with van der Waals surface area (Å²) >= 11 is 1.39. The lowest BCUT2D eigenvalue weighted by Gasteiger charge is -2.13. The quantitative estimate of drug-likeness (QED) is 0.282. The molecule has 1 aliphatic rings. The molecular weight excluding hydrogens is 432 g/mol. The zero-order valence-corrected chi connectivity index (χ0v) is 17.4. The first-order valence-electron chi connectivity index (χ1n) is 9.74. The summed E-state index contributed by atoms with van der Waals surface area (Å²) in [7, 11) is 0. The van der Waals surface area contributed by atoms with Crippen molar-refractivity contribution in [1.82, 2.24) is 19.3 Å². The number of para-hydroxylation sites is 3. The van der Waals surface area contributed by atoms with Crippen molar-refractivity contribution in [2.75, 3.05) is 11.1 Å². The van der Waals surface area contributed by atoms with Crippen molar-refractivity contribution in [3.8, 4) is 5.69 Å². The molecule has 0 saturated heterocycles. The molecule has 1 aliphatic heterocycles. The molecule has 2 aromatic carbocycles. The predicted octanol–water partition coefficient (Wildman–Crippen LogP) is 3.17. The first-order chi connectivity index (χ1) is 15.5. The summed E-state index contributed by atoms with van der Waals surface area (Å²) < 4.78 is 3.13. The van der Waals surface area contributed by atoms with Gasteiger partial charge >= 0.3 is 0 Å². The highest BCUT2D eigenvalue weighted by atomic mass is 32.2. The van der Waals surface area contributed by atoms with Crippen LogP contribution in [0.4, 0.5) is 11.4 Å². The van der Waals surface area contributed by atoms with E-state index in [1.807, 2.05) is 30.3 Å². The largest absolute Gasteiger partial charge is 0.320 e. The van der Waals surface area contributed by atoms with Crippen molar-refractivity contribution in [3.63, 3.8) is 0 Å². The van der Waals surface area contributed by atoms with Gasteiger partial charge in [0.05, 0.1) is 22.8 Å². The van der Waals surface area contributed by atoms with E-state index in [2.05, 4.69) is 15.4 Å². The maximum absolute atomic E-state index is 13.2. The predicted molar refractivity (Wildman–Crippen MR) is 119 cm³/mol. The van der Waals surface area contributed by atoms with Gasteiger partial charge in [-0.05, 0) is 18.2 Å². The lowest BCUT2D eigenvalue weighted by Crippen LogP contribution is -2.27. The highest BCUT2D eigenvalue weighted by Gasteiger charge is 2.30. The second-order valence-corrected chi connectivity index (χ2v) is 8.18. The zero-order chi connectivity index (χ0) is 22.2. The third-order valence-corrected chi connectivity index (χ3v) is 6.26. The Balaban J connectivity index is 1.44. The fourth-order valence-corrected chi connectivity index (χ4v) is 4.82. The van der Waals surface area contributed by atoms with Crippen LogP contribution >= 0.6 is 11.8 Å². The number of hydrogen-bond donors (Lipinski definition) is 1. The van der Waals surface area contributed by atoms with Crippen LogP contribution in [0.15, 0.2) is 70.7 Å². The molecule has 0 aliphatic carbocycles. The van der Waals surface area contributed by atoms with Crippen LogP contribution in [0, 0.1) is 10.1 Å². The van der Waals surface area contributed by atoms with Crippen LogP contribution in [0.2, 0.25) is 0 Å². The molecule has 0 fully saturated rings. The first-order valence-corrected chi connectivity index (χ1v) is 10.7. The standard InChI is InChI=1S/C21H16N6O4S/c28-18(23-16-8-4-5-9-17(16)27(30)31)10-14-12-32-21-24-19-15(20(29)25(14)21)11-22-26(19)13-6-2-1-3-7-13/h1-9,11,14H,10,12H2,(H,23,28). The molecule has 0 radical (unpaired) electrons. The summed E-state index contributed by atoms with van der Waals surface area (Å²) in [6.07, 6.45) is 1.48. The van der Waals surface area contributed by atoms with E-state index < -0.39 is 16.9 Å². The Kier molecular flexibility index (Phi) is 4.94. The number of nitrogens with one attached hydrogen (secondary N) is 1. The average molecular weight is 448 g/mol. The van der Waals surface area contributed by atoms with Crippen molar-refractivity contribution in [2.45, 2.75) is 17.6 Å². The van der Waals surface area contributed by atoms with E-state index >= 15 is 0 Å². The number of carbonyl (C=O) groups is 1. The van der Waals surface area contributed by atoms with Crippen molar-refractivity contribution in [1.29, 1.82) is 0 Å². The summed E-state index contributed by atoms with van der Waals surface area (Å²) in [6.45, 7) is 0. The van der Waals surface area contributed by atoms with Crippen molar-refractivity contribution in [3.05, 3.63) is 81.3 Å². The van der Waals surface area contributed by atoms with Crippen molar-refractivity contribution < 1.29 is 9.72 Å². The Morgan fingerprint density at radius 2 is 1.94 bits per heavy atom. The van der Waals surface area contributed by atoms with Gasteiger partial charge in [-0.2, -0.15) is 5.10 Å². The molecule has 11 heteroatoms. The lowest BCUT2D eigenvalue weighted by atomic mass is 10.2. The number of fused-ring (bicyclic) bond motifs is 2. The molecular formula is C21H16N6O4S. The van der Waals surface area contributed by atoms with E-state index in [1.54, 1.807) is 10.7 Å². The molecule has 1 unspecified atom stereocenters. The molecule has 3 heterocycles. The van der Waals surface area contributed by atoms with Gasteiger partial charge in [-0.1, -0.05) is 42.1 Å². The van der Waals surface area contributed by atoms with Crippen LogP contribution in [0.5, 0.6) is 0 Å². The van der Waals surface area contributed by atoms with Crippen LogP contribution in [-0.4, -0.2) is 35.9 Å². The summed E-state index contributed by atoms with van der Waals surface area (Å²) in [4.78, 5) is 41.1. The number of aromatic nitrogens is 4. The molecule has 1 amide bonds. The Bertz CT molecular complexity index is 1420. The zero-order valence-electron chi connectivity index (χ0n) is 16.5. The van der Waals surface area contributed by atoms with Gasteiger partial charge < -0.3 is 5.32 Å². The molecule has 10 nitrogen and oxygen atoms in total. The van der Waals surface area contributed by atoms with Gasteiger partial charge in [-0.3, -0.25) is 24.3 Å². The van der Waals surface area contributed by atoms with Crippen molar-refractivity contribution in [2.24, 2.45) is 0 Å². The third-order valence-electron chi connectivity index (χ3n) is 5.17. The molecule has 32 heavy (non-hydrogen) atoms. The Labute approximate surface area is 185 Å². The molecule has 4 aromatic rings. The number of nitro groups is 1. The topological polar surface area (TPSA) is 125 Å². The van der Waals surface area contributed by atoms with Gasteiger partial charge in [0, 0.05) is 18.2 Å². The lowest BCUT2D eigenvalue weighted by molar-refractivity contribution is -0.383. The number of anilines is 1. The van der Waals surface area contributed by atoms with Crippen LogP contribution in [0.3, 0.4) is 0 Å². The number of hydrogen-bond acceptors (Lipinski definition) is 7. The maximum atomic E-state index is 13.2. The number of benzene rings is 2. The van der Waals surface area contributed by atoms with Crippen LogP contribution < -0.4 is 10.9 Å². The average Bonchev–Trinajstić information content (AvgIpc) is 3.39. The molecule has 5 rings (SSSR count). The third kappa shape index (κ3) is 3.42. The number of rotatable bonds is 5. The second kappa shape index (κ2) is 7.93. The second-order valence-electron chi connectivity index (χ2n) is 7.19. The minimum Gasteiger partial charge on any atom is -0.320 e. The van der Waals surface area contributed by atoms with E-state index in [1.165, 1.54) is 40.7 Å². The number of nitro benzene ring substituents is 1. The molecule has 1 N–H and O–H groups in total. The summed E-state index contributed by atoms with van der Waals surface area (Å²) in [5.74, 6) is 0.0856. The minimum atomic E-state index is -0.550. The minimum absolute atomic E-state index is 0.00797. The Hall–Kier alpha value is -3.99. The molecule has 1 atom stereocenters. The van der Waals surface area contributed by atoms with E-state index in [0.29, 0.717) is 21.9 Å². The normalized spacial score (nSPS) is 14.9. The van der Waals surface area contributed by atoms with Gasteiger partial charge in [0.2, 0.25) is 5.91 Å². The fourth-order valence-electron chi connectivity index (χ4n) is 3.69. The van der Waals surface area contributed by atoms with E-state index in [-0.39, 0.29) is 23.4 Å². The smallest absolute Gasteiger partial charge is 0.292 e. The number of nitrogens with zero attached hydrogens (tertiary/aromatic N) is 5. The summed E-state index contributed by atoms with van der Waals surface area (Å²) in [5, 5.41) is 19.0. The summed E-state index contributed by atoms with van der Waals surface area (Å²) in [6, 6.07) is 14.9. The Morgan fingerprint density at radius 3 is 2.72 bits per heavy atom. The van der Waals surface area contributed by atoms with Crippen molar-refractivity contribution >= 4 is 40.1 Å². The number of amides is 1. The van der Waals surface area contributed by atoms with Gasteiger partial charge in [0.1, 0.15) is 11.1 Å². The van der Waals surface area contributed by atoms with Gasteiger partial charge in [-0.15, -0.1) is 0 Å². The highest BCUT2D eigenvalue weighted by Crippen LogP contribution is 2.34. The van der Waals surface area contributed by atoms with E-state index in [4.69, 9.17) is 0 Å². The Morgan fingerprint density at radius 1 is 1.19 bits per heavy atom. The van der Waals surface area contributed by atoms with E-state index in [0.717, 1.165) is 5.69 Å². The highest BCUT2D eigenvalue weighted by molar-refractivity contribution is 7.99. The number of carbonyl (C=O) groups excluding carboxylic acids is 1. The van der Waals surface area contributed by atoms with Crippen LogP contribution in [0.25, 0.3) is 16.7 Å². The van der Waals surface area contributed by atoms with Gasteiger partial charge in [-0.25, -0.2) is 9.67 Å². The molecule has 0 bridgehead atoms.